The molecule has 27 heavy (non-hydrogen) atoms. The van der Waals surface area contributed by atoms with Gasteiger partial charge >= 0.3 is 0 Å². The maximum atomic E-state index is 12.6. The van der Waals surface area contributed by atoms with Gasteiger partial charge in [0, 0.05) is 37.9 Å². The Morgan fingerprint density at radius 2 is 2.07 bits per heavy atom. The van der Waals surface area contributed by atoms with E-state index in [-0.39, 0.29) is 12.0 Å². The summed E-state index contributed by atoms with van der Waals surface area (Å²) in [4.78, 5) is 23.6. The minimum atomic E-state index is -0.198. The van der Waals surface area contributed by atoms with Crippen molar-refractivity contribution in [1.82, 2.24) is 20.2 Å². The quantitative estimate of drug-likeness (QED) is 0.741. The smallest absolute Gasteiger partial charge is 0.270 e. The SMILES string of the molecule is CN(C)CCNC(=O)c1cc(NCC2CCCO2)nc(-c2ccccc2)n1. The van der Waals surface area contributed by atoms with E-state index in [2.05, 4.69) is 20.6 Å². The molecule has 0 aliphatic carbocycles. The van der Waals surface area contributed by atoms with Gasteiger partial charge in [-0.2, -0.15) is 0 Å². The van der Waals surface area contributed by atoms with Crippen LogP contribution in [-0.4, -0.2) is 67.2 Å². The standard InChI is InChI=1S/C20H27N5O2/c1-25(2)11-10-21-20(26)17-13-18(22-14-16-9-6-12-27-16)24-19(23-17)15-7-4-3-5-8-15/h3-5,7-8,13,16H,6,9-12,14H2,1-2H3,(H,21,26)(H,22,23,24). The monoisotopic (exact) mass is 369 g/mol. The lowest BCUT2D eigenvalue weighted by Crippen LogP contribution is -2.32. The van der Waals surface area contributed by atoms with Gasteiger partial charge in [-0.15, -0.1) is 0 Å². The molecule has 7 heteroatoms. The van der Waals surface area contributed by atoms with E-state index >= 15 is 0 Å². The first-order chi connectivity index (χ1) is 13.1. The molecule has 1 amide bonds. The second-order valence-electron chi connectivity index (χ2n) is 6.90. The molecule has 1 fully saturated rings. The van der Waals surface area contributed by atoms with Crippen LogP contribution in [0.25, 0.3) is 11.4 Å². The van der Waals surface area contributed by atoms with Gasteiger partial charge in [0.05, 0.1) is 6.10 Å². The minimum Gasteiger partial charge on any atom is -0.376 e. The Balaban J connectivity index is 1.78. The van der Waals surface area contributed by atoms with Crippen LogP contribution in [0.15, 0.2) is 36.4 Å². The number of hydrogen-bond acceptors (Lipinski definition) is 6. The molecular formula is C20H27N5O2. The summed E-state index contributed by atoms with van der Waals surface area (Å²) in [5, 5.41) is 6.21. The third-order valence-electron chi connectivity index (χ3n) is 4.37. The molecule has 0 spiro atoms. The van der Waals surface area contributed by atoms with Crippen molar-refractivity contribution in [1.29, 1.82) is 0 Å². The van der Waals surface area contributed by atoms with Crippen molar-refractivity contribution in [3.63, 3.8) is 0 Å². The number of benzene rings is 1. The summed E-state index contributed by atoms with van der Waals surface area (Å²) >= 11 is 0. The molecule has 1 atom stereocenters. The first-order valence-electron chi connectivity index (χ1n) is 9.35. The molecule has 0 saturated carbocycles. The Morgan fingerprint density at radius 3 is 2.78 bits per heavy atom. The molecule has 2 heterocycles. The molecule has 0 bridgehead atoms. The van der Waals surface area contributed by atoms with Gasteiger partial charge in [0.1, 0.15) is 11.5 Å². The average molecular weight is 369 g/mol. The van der Waals surface area contributed by atoms with Crippen LogP contribution >= 0.6 is 0 Å². The maximum Gasteiger partial charge on any atom is 0.270 e. The van der Waals surface area contributed by atoms with Crippen molar-refractivity contribution in [2.24, 2.45) is 0 Å². The van der Waals surface area contributed by atoms with E-state index in [0.717, 1.165) is 31.6 Å². The van der Waals surface area contributed by atoms with E-state index in [4.69, 9.17) is 4.74 Å². The zero-order valence-corrected chi connectivity index (χ0v) is 15.9. The van der Waals surface area contributed by atoms with Crippen molar-refractivity contribution >= 4 is 11.7 Å². The van der Waals surface area contributed by atoms with Crippen molar-refractivity contribution in [3.8, 4) is 11.4 Å². The van der Waals surface area contributed by atoms with E-state index in [1.807, 2.05) is 49.3 Å². The lowest BCUT2D eigenvalue weighted by Gasteiger charge is -2.14. The summed E-state index contributed by atoms with van der Waals surface area (Å²) in [6, 6.07) is 11.4. The molecule has 144 valence electrons. The maximum absolute atomic E-state index is 12.6. The molecule has 1 saturated heterocycles. The van der Waals surface area contributed by atoms with Gasteiger partial charge in [-0.1, -0.05) is 30.3 Å². The number of nitrogens with one attached hydrogen (secondary N) is 2. The van der Waals surface area contributed by atoms with Crippen molar-refractivity contribution < 1.29 is 9.53 Å². The normalized spacial score (nSPS) is 16.5. The number of nitrogens with zero attached hydrogens (tertiary/aromatic N) is 3. The van der Waals surface area contributed by atoms with Gasteiger partial charge < -0.3 is 20.3 Å². The van der Waals surface area contributed by atoms with Crippen LogP contribution < -0.4 is 10.6 Å². The summed E-state index contributed by atoms with van der Waals surface area (Å²) < 4.78 is 5.65. The van der Waals surface area contributed by atoms with Gasteiger partial charge in [0.2, 0.25) is 0 Å². The van der Waals surface area contributed by atoms with Gasteiger partial charge in [-0.05, 0) is 26.9 Å². The predicted molar refractivity (Wildman–Crippen MR) is 106 cm³/mol. The molecule has 1 aliphatic rings. The number of likely N-dealkylation sites (N-methyl/N-ethyl adjacent to an activating group) is 1. The highest BCUT2D eigenvalue weighted by Gasteiger charge is 2.17. The van der Waals surface area contributed by atoms with Gasteiger partial charge in [-0.25, -0.2) is 9.97 Å². The van der Waals surface area contributed by atoms with Crippen molar-refractivity contribution in [2.75, 3.05) is 45.7 Å². The zero-order valence-electron chi connectivity index (χ0n) is 15.9. The summed E-state index contributed by atoms with van der Waals surface area (Å²) in [6.45, 7) is 2.82. The highest BCUT2D eigenvalue weighted by Crippen LogP contribution is 2.19. The lowest BCUT2D eigenvalue weighted by atomic mass is 10.2. The number of aromatic nitrogens is 2. The van der Waals surface area contributed by atoms with Crippen LogP contribution in [0.1, 0.15) is 23.3 Å². The van der Waals surface area contributed by atoms with Crippen LogP contribution in [-0.2, 0) is 4.74 Å². The number of hydrogen-bond donors (Lipinski definition) is 2. The van der Waals surface area contributed by atoms with Gasteiger partial charge in [0.15, 0.2) is 5.82 Å². The molecule has 1 aromatic heterocycles. The average Bonchev–Trinajstić information content (AvgIpc) is 3.20. The van der Waals surface area contributed by atoms with Crippen LogP contribution in [0.3, 0.4) is 0 Å². The molecule has 0 radical (unpaired) electrons. The zero-order chi connectivity index (χ0) is 19.1. The number of carbonyl (C=O) groups excluding carboxylic acids is 1. The Kier molecular flexibility index (Phi) is 6.73. The number of ether oxygens (including phenoxy) is 1. The highest BCUT2D eigenvalue weighted by atomic mass is 16.5. The lowest BCUT2D eigenvalue weighted by molar-refractivity contribution is 0.0946. The second kappa shape index (κ2) is 9.43. The van der Waals surface area contributed by atoms with E-state index in [1.54, 1.807) is 6.07 Å². The Morgan fingerprint density at radius 1 is 1.26 bits per heavy atom. The topological polar surface area (TPSA) is 79.4 Å². The van der Waals surface area contributed by atoms with E-state index in [0.29, 0.717) is 30.4 Å². The van der Waals surface area contributed by atoms with Gasteiger partial charge in [0.25, 0.3) is 5.91 Å². The fourth-order valence-electron chi connectivity index (χ4n) is 2.88. The second-order valence-corrected chi connectivity index (χ2v) is 6.90. The minimum absolute atomic E-state index is 0.192. The molecule has 2 N–H and O–H groups in total. The molecule has 1 unspecified atom stereocenters. The number of amides is 1. The summed E-state index contributed by atoms with van der Waals surface area (Å²) in [7, 11) is 3.94. The predicted octanol–water partition coefficient (Wildman–Crippen LogP) is 2.03. The first-order valence-corrected chi connectivity index (χ1v) is 9.35. The molecule has 1 aliphatic heterocycles. The number of rotatable bonds is 8. The number of anilines is 1. The van der Waals surface area contributed by atoms with Crippen LogP contribution in [0.4, 0.5) is 5.82 Å². The number of carbonyl (C=O) groups is 1. The summed E-state index contributed by atoms with van der Waals surface area (Å²) in [5.41, 5.74) is 1.23. The van der Waals surface area contributed by atoms with Gasteiger partial charge in [-0.3, -0.25) is 4.79 Å². The summed E-state index contributed by atoms with van der Waals surface area (Å²) in [6.07, 6.45) is 2.32. The van der Waals surface area contributed by atoms with Crippen molar-refractivity contribution in [2.45, 2.75) is 18.9 Å². The Bertz CT molecular complexity index is 745. The molecule has 7 nitrogen and oxygen atoms in total. The highest BCUT2D eigenvalue weighted by molar-refractivity contribution is 5.93. The largest absolute Gasteiger partial charge is 0.376 e. The molecule has 2 aromatic rings. The van der Waals surface area contributed by atoms with Crippen LogP contribution in [0.2, 0.25) is 0 Å². The molecule has 3 rings (SSSR count). The molecular weight excluding hydrogens is 342 g/mol. The van der Waals surface area contributed by atoms with Crippen molar-refractivity contribution in [3.05, 3.63) is 42.1 Å². The first kappa shape index (κ1) is 19.3. The molecule has 1 aromatic carbocycles. The fraction of sp³-hybridized carbons (Fsp3) is 0.450. The van der Waals surface area contributed by atoms with E-state index in [9.17, 15) is 4.79 Å². The van der Waals surface area contributed by atoms with E-state index < -0.39 is 0 Å². The third-order valence-corrected chi connectivity index (χ3v) is 4.37. The van der Waals surface area contributed by atoms with Crippen LogP contribution in [0, 0.1) is 0 Å². The summed E-state index contributed by atoms with van der Waals surface area (Å²) in [5.74, 6) is 0.972. The van der Waals surface area contributed by atoms with Crippen LogP contribution in [0.5, 0.6) is 0 Å². The van der Waals surface area contributed by atoms with E-state index in [1.165, 1.54) is 0 Å². The Labute approximate surface area is 160 Å². The fourth-order valence-corrected chi connectivity index (χ4v) is 2.88. The Hall–Kier alpha value is -2.51. The third kappa shape index (κ3) is 5.74.